The van der Waals surface area contributed by atoms with Crippen LogP contribution in [0.5, 0.6) is 0 Å². The molecule has 0 radical (unpaired) electrons. The van der Waals surface area contributed by atoms with Crippen molar-refractivity contribution in [2.45, 2.75) is 55.8 Å². The van der Waals surface area contributed by atoms with Crippen LogP contribution < -0.4 is 10.2 Å². The SMILES string of the molecule is CS(=O)(=O)c1cnc(N2CCC3(CCCC3)C2)nc1C1CCCNC1.Cl. The third-order valence-electron chi connectivity index (χ3n) is 6.24. The maximum atomic E-state index is 12.2. The van der Waals surface area contributed by atoms with Gasteiger partial charge in [-0.05, 0) is 44.1 Å². The Morgan fingerprint density at radius 1 is 1.23 bits per heavy atom. The summed E-state index contributed by atoms with van der Waals surface area (Å²) in [5.41, 5.74) is 1.16. The number of rotatable bonds is 3. The zero-order valence-corrected chi connectivity index (χ0v) is 17.0. The number of hydrogen-bond donors (Lipinski definition) is 1. The lowest BCUT2D eigenvalue weighted by Crippen LogP contribution is -2.31. The van der Waals surface area contributed by atoms with Crippen LogP contribution in [0.3, 0.4) is 0 Å². The smallest absolute Gasteiger partial charge is 0.225 e. The summed E-state index contributed by atoms with van der Waals surface area (Å²) in [6, 6.07) is 0. The Labute approximate surface area is 162 Å². The fourth-order valence-electron chi connectivity index (χ4n) is 4.83. The summed E-state index contributed by atoms with van der Waals surface area (Å²) >= 11 is 0. The van der Waals surface area contributed by atoms with E-state index in [9.17, 15) is 8.42 Å². The second-order valence-corrected chi connectivity index (χ2v) is 10.1. The van der Waals surface area contributed by atoms with Gasteiger partial charge in [-0.25, -0.2) is 18.4 Å². The molecule has 0 bridgehead atoms. The summed E-state index contributed by atoms with van der Waals surface area (Å²) in [5, 5.41) is 3.37. The van der Waals surface area contributed by atoms with Crippen LogP contribution in [0, 0.1) is 5.41 Å². The van der Waals surface area contributed by atoms with Crippen LogP contribution in [-0.2, 0) is 9.84 Å². The molecule has 6 nitrogen and oxygen atoms in total. The molecule has 1 unspecified atom stereocenters. The van der Waals surface area contributed by atoms with Gasteiger partial charge >= 0.3 is 0 Å². The quantitative estimate of drug-likeness (QED) is 0.840. The Morgan fingerprint density at radius 3 is 2.65 bits per heavy atom. The fourth-order valence-corrected chi connectivity index (χ4v) is 5.67. The third kappa shape index (κ3) is 3.85. The highest BCUT2D eigenvalue weighted by atomic mass is 35.5. The zero-order chi connectivity index (χ0) is 17.5. The number of nitrogens with zero attached hydrogens (tertiary/aromatic N) is 3. The lowest BCUT2D eigenvalue weighted by molar-refractivity contribution is 0.340. The molecular weight excluding hydrogens is 372 g/mol. The highest BCUT2D eigenvalue weighted by molar-refractivity contribution is 7.90. The predicted octanol–water partition coefficient (Wildman–Crippen LogP) is 2.54. The minimum Gasteiger partial charge on any atom is -0.340 e. The van der Waals surface area contributed by atoms with E-state index in [2.05, 4.69) is 15.2 Å². The summed E-state index contributed by atoms with van der Waals surface area (Å²) < 4.78 is 24.4. The lowest BCUT2D eigenvalue weighted by atomic mass is 9.86. The lowest BCUT2D eigenvalue weighted by Gasteiger charge is -2.26. The monoisotopic (exact) mass is 400 g/mol. The van der Waals surface area contributed by atoms with E-state index >= 15 is 0 Å². The highest BCUT2D eigenvalue weighted by Gasteiger charge is 2.41. The molecule has 1 atom stereocenters. The van der Waals surface area contributed by atoms with E-state index in [1.54, 1.807) is 6.20 Å². The second-order valence-electron chi connectivity index (χ2n) is 8.11. The number of nitrogens with one attached hydrogen (secondary N) is 1. The molecule has 2 aliphatic heterocycles. The van der Waals surface area contributed by atoms with E-state index < -0.39 is 9.84 Å². The highest BCUT2D eigenvalue weighted by Crippen LogP contribution is 2.46. The first-order valence-corrected chi connectivity index (χ1v) is 11.4. The van der Waals surface area contributed by atoms with Crippen molar-refractivity contribution in [1.82, 2.24) is 15.3 Å². The van der Waals surface area contributed by atoms with Crippen LogP contribution in [0.25, 0.3) is 0 Å². The molecule has 0 amide bonds. The van der Waals surface area contributed by atoms with Gasteiger partial charge in [-0.2, -0.15) is 0 Å². The molecule has 146 valence electrons. The van der Waals surface area contributed by atoms with E-state index in [-0.39, 0.29) is 18.3 Å². The maximum Gasteiger partial charge on any atom is 0.225 e. The number of anilines is 1. The molecule has 1 aliphatic carbocycles. The van der Waals surface area contributed by atoms with Gasteiger partial charge in [-0.15, -0.1) is 12.4 Å². The predicted molar refractivity (Wildman–Crippen MR) is 105 cm³/mol. The van der Waals surface area contributed by atoms with Gasteiger partial charge in [-0.1, -0.05) is 12.8 Å². The van der Waals surface area contributed by atoms with Gasteiger partial charge in [0.1, 0.15) is 4.90 Å². The molecule has 1 saturated carbocycles. The number of sulfone groups is 1. The van der Waals surface area contributed by atoms with Crippen molar-refractivity contribution < 1.29 is 8.42 Å². The average molecular weight is 401 g/mol. The van der Waals surface area contributed by atoms with Gasteiger partial charge in [0.05, 0.1) is 11.9 Å². The Balaban J connectivity index is 0.00000196. The number of aromatic nitrogens is 2. The van der Waals surface area contributed by atoms with E-state index in [0.29, 0.717) is 16.0 Å². The minimum atomic E-state index is -3.32. The fraction of sp³-hybridized carbons (Fsp3) is 0.778. The number of piperidine rings is 1. The average Bonchev–Trinajstić information content (AvgIpc) is 3.25. The van der Waals surface area contributed by atoms with Crippen LogP contribution in [-0.4, -0.2) is 50.8 Å². The number of halogens is 1. The number of hydrogen-bond acceptors (Lipinski definition) is 6. The molecule has 2 saturated heterocycles. The van der Waals surface area contributed by atoms with Crippen LogP contribution >= 0.6 is 12.4 Å². The summed E-state index contributed by atoms with van der Waals surface area (Å²) in [7, 11) is -3.32. The molecular formula is C18H29ClN4O2S. The van der Waals surface area contributed by atoms with Gasteiger partial charge in [0.25, 0.3) is 0 Å². The molecule has 3 fully saturated rings. The van der Waals surface area contributed by atoms with Crippen LogP contribution in [0.2, 0.25) is 0 Å². The van der Waals surface area contributed by atoms with Crippen molar-refractivity contribution in [3.8, 4) is 0 Å². The topological polar surface area (TPSA) is 75.2 Å². The zero-order valence-electron chi connectivity index (χ0n) is 15.4. The third-order valence-corrected chi connectivity index (χ3v) is 7.35. The molecule has 4 rings (SSSR count). The van der Waals surface area contributed by atoms with Gasteiger partial charge in [0.15, 0.2) is 9.84 Å². The van der Waals surface area contributed by atoms with Gasteiger partial charge in [-0.3, -0.25) is 0 Å². The molecule has 1 aromatic heterocycles. The van der Waals surface area contributed by atoms with Crippen molar-refractivity contribution in [3.05, 3.63) is 11.9 Å². The van der Waals surface area contributed by atoms with Crippen molar-refractivity contribution >= 4 is 28.2 Å². The van der Waals surface area contributed by atoms with E-state index in [4.69, 9.17) is 4.98 Å². The van der Waals surface area contributed by atoms with E-state index in [1.165, 1.54) is 38.4 Å². The molecule has 3 aliphatic rings. The molecule has 1 spiro atoms. The first-order valence-electron chi connectivity index (χ1n) is 9.50. The van der Waals surface area contributed by atoms with E-state index in [0.717, 1.165) is 45.0 Å². The summed E-state index contributed by atoms with van der Waals surface area (Å²) in [5.74, 6) is 0.875. The summed E-state index contributed by atoms with van der Waals surface area (Å²) in [6.45, 7) is 3.80. The first kappa shape index (κ1) is 19.8. The largest absolute Gasteiger partial charge is 0.340 e. The van der Waals surface area contributed by atoms with Gasteiger partial charge in [0.2, 0.25) is 5.95 Å². The Hall–Kier alpha value is -0.920. The standard InChI is InChI=1S/C18H28N4O2S.ClH/c1-25(23,24)15-12-20-17(21-16(15)14-5-4-9-19-11-14)22-10-8-18(13-22)6-2-3-7-18;/h12,14,19H,2-11,13H2,1H3;1H. The summed E-state index contributed by atoms with van der Waals surface area (Å²) in [4.78, 5) is 11.8. The molecule has 1 N–H and O–H groups in total. The van der Waals surface area contributed by atoms with Gasteiger partial charge in [0, 0.05) is 31.8 Å². The summed E-state index contributed by atoms with van der Waals surface area (Å²) in [6.07, 6.45) is 11.3. The van der Waals surface area contributed by atoms with E-state index in [1.807, 2.05) is 0 Å². The van der Waals surface area contributed by atoms with Crippen molar-refractivity contribution in [2.24, 2.45) is 5.41 Å². The van der Waals surface area contributed by atoms with Crippen LogP contribution in [0.4, 0.5) is 5.95 Å². The Kier molecular flexibility index (Phi) is 5.80. The maximum absolute atomic E-state index is 12.2. The van der Waals surface area contributed by atoms with Crippen molar-refractivity contribution in [3.63, 3.8) is 0 Å². The van der Waals surface area contributed by atoms with Crippen LogP contribution in [0.1, 0.15) is 56.6 Å². The van der Waals surface area contributed by atoms with Gasteiger partial charge < -0.3 is 10.2 Å². The van der Waals surface area contributed by atoms with Crippen LogP contribution in [0.15, 0.2) is 11.1 Å². The second kappa shape index (κ2) is 7.60. The first-order chi connectivity index (χ1) is 12.0. The van der Waals surface area contributed by atoms with Crippen molar-refractivity contribution in [2.75, 3.05) is 37.3 Å². The molecule has 3 heterocycles. The molecule has 8 heteroatoms. The molecule has 0 aromatic carbocycles. The molecule has 1 aromatic rings. The minimum absolute atomic E-state index is 0. The normalized spacial score (nSPS) is 25.4. The Bertz CT molecular complexity index is 744. The Morgan fingerprint density at radius 2 is 2.00 bits per heavy atom. The van der Waals surface area contributed by atoms with Crippen molar-refractivity contribution in [1.29, 1.82) is 0 Å². The molecule has 26 heavy (non-hydrogen) atoms.